The third-order valence-corrected chi connectivity index (χ3v) is 3.10. The predicted octanol–water partition coefficient (Wildman–Crippen LogP) is 2.30. The highest BCUT2D eigenvalue weighted by Gasteiger charge is 2.10. The third kappa shape index (κ3) is 2.86. The molecule has 0 amide bonds. The van der Waals surface area contributed by atoms with E-state index in [4.69, 9.17) is 11.7 Å². The van der Waals surface area contributed by atoms with Gasteiger partial charge in [-0.05, 0) is 28.1 Å². The molecule has 0 aliphatic carbocycles. The minimum atomic E-state index is -0.299. The molecule has 0 spiro atoms. The van der Waals surface area contributed by atoms with Gasteiger partial charge in [0.25, 0.3) is 0 Å². The van der Waals surface area contributed by atoms with E-state index in [0.717, 1.165) is 8.66 Å². The Morgan fingerprint density at radius 1 is 1.69 bits per heavy atom. The summed E-state index contributed by atoms with van der Waals surface area (Å²) in [4.78, 5) is 0.977. The van der Waals surface area contributed by atoms with E-state index in [0.29, 0.717) is 6.54 Å². The SMILES string of the molecule is C#CCNC(C#N)c1ccc(Br)s1. The van der Waals surface area contributed by atoms with Crippen LogP contribution in [0.2, 0.25) is 0 Å². The van der Waals surface area contributed by atoms with Gasteiger partial charge in [-0.25, -0.2) is 0 Å². The lowest BCUT2D eigenvalue weighted by atomic mass is 10.2. The van der Waals surface area contributed by atoms with Crippen molar-refractivity contribution >= 4 is 27.3 Å². The van der Waals surface area contributed by atoms with Gasteiger partial charge in [-0.15, -0.1) is 17.8 Å². The highest BCUT2D eigenvalue weighted by Crippen LogP contribution is 2.26. The lowest BCUT2D eigenvalue weighted by molar-refractivity contribution is 0.701. The Labute approximate surface area is 89.7 Å². The molecule has 1 N–H and O–H groups in total. The van der Waals surface area contributed by atoms with E-state index in [9.17, 15) is 0 Å². The summed E-state index contributed by atoms with van der Waals surface area (Å²) in [5.41, 5.74) is 0. The summed E-state index contributed by atoms with van der Waals surface area (Å²) in [7, 11) is 0. The average molecular weight is 255 g/mol. The number of hydrogen-bond acceptors (Lipinski definition) is 3. The fourth-order valence-electron chi connectivity index (χ4n) is 0.854. The fraction of sp³-hybridized carbons (Fsp3) is 0.222. The molecule has 1 rings (SSSR count). The number of nitrogens with zero attached hydrogens (tertiary/aromatic N) is 1. The molecule has 66 valence electrons. The molecular formula is C9H7BrN2S. The molecule has 0 saturated carbocycles. The molecule has 0 bridgehead atoms. The Morgan fingerprint density at radius 2 is 2.46 bits per heavy atom. The van der Waals surface area contributed by atoms with Crippen molar-refractivity contribution in [1.82, 2.24) is 5.32 Å². The van der Waals surface area contributed by atoms with Crippen molar-refractivity contribution in [3.63, 3.8) is 0 Å². The maximum atomic E-state index is 8.83. The molecule has 1 aromatic rings. The van der Waals surface area contributed by atoms with Crippen molar-refractivity contribution in [1.29, 1.82) is 5.26 Å². The van der Waals surface area contributed by atoms with Gasteiger partial charge in [0.05, 0.1) is 16.4 Å². The van der Waals surface area contributed by atoms with Crippen LogP contribution in [0.4, 0.5) is 0 Å². The molecule has 13 heavy (non-hydrogen) atoms. The van der Waals surface area contributed by atoms with Crippen LogP contribution >= 0.6 is 27.3 Å². The Bertz CT molecular complexity index is 358. The predicted molar refractivity (Wildman–Crippen MR) is 57.2 cm³/mol. The van der Waals surface area contributed by atoms with E-state index in [1.165, 1.54) is 11.3 Å². The van der Waals surface area contributed by atoms with Gasteiger partial charge in [-0.1, -0.05) is 5.92 Å². The largest absolute Gasteiger partial charge is 0.287 e. The molecule has 2 nitrogen and oxygen atoms in total. The number of halogens is 1. The fourth-order valence-corrected chi connectivity index (χ4v) is 2.30. The molecule has 0 radical (unpaired) electrons. The number of nitriles is 1. The summed E-state index contributed by atoms with van der Waals surface area (Å²) in [6, 6.07) is 5.68. The number of nitrogens with one attached hydrogen (secondary N) is 1. The summed E-state index contributed by atoms with van der Waals surface area (Å²) in [5.74, 6) is 2.44. The number of terminal acetylenes is 1. The van der Waals surface area contributed by atoms with Crippen molar-refractivity contribution in [2.75, 3.05) is 6.54 Å². The van der Waals surface area contributed by atoms with Gasteiger partial charge >= 0.3 is 0 Å². The Kier molecular flexibility index (Phi) is 3.98. The molecule has 0 aromatic carbocycles. The zero-order valence-corrected chi connectivity index (χ0v) is 9.15. The normalized spacial score (nSPS) is 11.6. The van der Waals surface area contributed by atoms with Crippen molar-refractivity contribution in [3.8, 4) is 18.4 Å². The second kappa shape index (κ2) is 5.04. The minimum Gasteiger partial charge on any atom is -0.287 e. The van der Waals surface area contributed by atoms with Gasteiger partial charge in [0.2, 0.25) is 0 Å². The second-order valence-corrected chi connectivity index (χ2v) is 4.78. The molecule has 1 heterocycles. The van der Waals surface area contributed by atoms with Crippen LogP contribution in [-0.4, -0.2) is 6.54 Å². The summed E-state index contributed by atoms with van der Waals surface area (Å²) < 4.78 is 1.02. The van der Waals surface area contributed by atoms with Gasteiger partial charge in [0, 0.05) is 4.88 Å². The average Bonchev–Trinajstić information content (AvgIpc) is 2.54. The van der Waals surface area contributed by atoms with Gasteiger partial charge in [-0.3, -0.25) is 5.32 Å². The summed E-state index contributed by atoms with van der Waals surface area (Å²) in [5, 5.41) is 11.8. The Morgan fingerprint density at radius 3 is 2.92 bits per heavy atom. The van der Waals surface area contributed by atoms with Gasteiger partial charge in [0.15, 0.2) is 0 Å². The Hall–Kier alpha value is -0.810. The van der Waals surface area contributed by atoms with E-state index in [-0.39, 0.29) is 6.04 Å². The van der Waals surface area contributed by atoms with Crippen LogP contribution in [0.1, 0.15) is 10.9 Å². The molecule has 1 atom stereocenters. The zero-order chi connectivity index (χ0) is 9.68. The van der Waals surface area contributed by atoms with Crippen molar-refractivity contribution < 1.29 is 0 Å². The highest BCUT2D eigenvalue weighted by molar-refractivity contribution is 9.11. The van der Waals surface area contributed by atoms with E-state index in [1.54, 1.807) is 0 Å². The summed E-state index contributed by atoms with van der Waals surface area (Å²) >= 11 is 4.87. The van der Waals surface area contributed by atoms with Crippen LogP contribution in [-0.2, 0) is 0 Å². The van der Waals surface area contributed by atoms with Crippen LogP contribution < -0.4 is 5.32 Å². The molecular weight excluding hydrogens is 248 g/mol. The van der Waals surface area contributed by atoms with Crippen molar-refractivity contribution in [3.05, 3.63) is 20.8 Å². The van der Waals surface area contributed by atoms with Crippen LogP contribution in [0.5, 0.6) is 0 Å². The molecule has 1 aromatic heterocycles. The van der Waals surface area contributed by atoms with Crippen LogP contribution in [0.3, 0.4) is 0 Å². The van der Waals surface area contributed by atoms with Crippen molar-refractivity contribution in [2.24, 2.45) is 0 Å². The van der Waals surface area contributed by atoms with Crippen LogP contribution in [0.25, 0.3) is 0 Å². The first kappa shape index (κ1) is 10.3. The van der Waals surface area contributed by atoms with E-state index >= 15 is 0 Å². The van der Waals surface area contributed by atoms with E-state index in [1.807, 2.05) is 12.1 Å². The monoisotopic (exact) mass is 254 g/mol. The minimum absolute atomic E-state index is 0.299. The summed E-state index contributed by atoms with van der Waals surface area (Å²) in [6.07, 6.45) is 5.09. The second-order valence-electron chi connectivity index (χ2n) is 2.29. The maximum absolute atomic E-state index is 8.83. The first-order valence-electron chi connectivity index (χ1n) is 3.59. The Balaban J connectivity index is 2.69. The molecule has 0 aliphatic heterocycles. The van der Waals surface area contributed by atoms with Gasteiger partial charge in [-0.2, -0.15) is 5.26 Å². The molecule has 4 heteroatoms. The number of thiophene rings is 1. The molecule has 1 unspecified atom stereocenters. The number of hydrogen-bond donors (Lipinski definition) is 1. The maximum Gasteiger partial charge on any atom is 0.131 e. The molecule has 0 saturated heterocycles. The topological polar surface area (TPSA) is 35.8 Å². The highest BCUT2D eigenvalue weighted by atomic mass is 79.9. The smallest absolute Gasteiger partial charge is 0.131 e. The van der Waals surface area contributed by atoms with Crippen LogP contribution in [0, 0.1) is 23.7 Å². The molecule has 0 fully saturated rings. The quantitative estimate of drug-likeness (QED) is 0.841. The number of rotatable bonds is 3. The van der Waals surface area contributed by atoms with Crippen molar-refractivity contribution in [2.45, 2.75) is 6.04 Å². The lowest BCUT2D eigenvalue weighted by Crippen LogP contribution is -2.18. The standard InChI is InChI=1S/C9H7BrN2S/c1-2-5-12-7(6-11)8-3-4-9(10)13-8/h1,3-4,7,12H,5H2. The third-order valence-electron chi connectivity index (χ3n) is 1.42. The van der Waals surface area contributed by atoms with Gasteiger partial charge < -0.3 is 0 Å². The van der Waals surface area contributed by atoms with Crippen LogP contribution in [0.15, 0.2) is 15.9 Å². The molecule has 0 aliphatic rings. The van der Waals surface area contributed by atoms with Gasteiger partial charge in [0.1, 0.15) is 6.04 Å². The zero-order valence-electron chi connectivity index (χ0n) is 6.75. The van der Waals surface area contributed by atoms with E-state index in [2.05, 4.69) is 33.2 Å². The first-order chi connectivity index (χ1) is 6.27. The lowest BCUT2D eigenvalue weighted by Gasteiger charge is -2.05. The van der Waals surface area contributed by atoms with E-state index < -0.39 is 0 Å². The summed E-state index contributed by atoms with van der Waals surface area (Å²) in [6.45, 7) is 0.410. The first-order valence-corrected chi connectivity index (χ1v) is 5.20.